The minimum absolute atomic E-state index is 0.210. The Bertz CT molecular complexity index is 229. The summed E-state index contributed by atoms with van der Waals surface area (Å²) in [6.07, 6.45) is 0.794. The molecule has 0 bridgehead atoms. The van der Waals surface area contributed by atoms with Gasteiger partial charge in [0, 0.05) is 45.3 Å². The highest BCUT2D eigenvalue weighted by Gasteiger charge is 2.30. The Morgan fingerprint density at radius 1 is 1.20 bits per heavy atom. The number of aliphatic carboxylic acids is 1. The van der Waals surface area contributed by atoms with Gasteiger partial charge < -0.3 is 15.7 Å². The molecule has 0 aromatic heterocycles. The van der Waals surface area contributed by atoms with Gasteiger partial charge in [0.1, 0.15) is 0 Å². The first-order valence-corrected chi connectivity index (χ1v) is 5.65. The van der Waals surface area contributed by atoms with Crippen LogP contribution in [-0.2, 0) is 4.79 Å². The fourth-order valence-corrected chi connectivity index (χ4v) is 2.43. The summed E-state index contributed by atoms with van der Waals surface area (Å²) in [5.41, 5.74) is 0. The van der Waals surface area contributed by atoms with Crippen molar-refractivity contribution in [2.45, 2.75) is 12.5 Å². The summed E-state index contributed by atoms with van der Waals surface area (Å²) in [7, 11) is 0. The Hall–Kier alpha value is -0.650. The third-order valence-electron chi connectivity index (χ3n) is 3.34. The molecule has 3 N–H and O–H groups in total. The van der Waals surface area contributed by atoms with Gasteiger partial charge in [-0.25, -0.2) is 0 Å². The summed E-state index contributed by atoms with van der Waals surface area (Å²) in [6.45, 7) is 5.68. The molecule has 0 aromatic rings. The zero-order valence-corrected chi connectivity index (χ0v) is 8.91. The quantitative estimate of drug-likeness (QED) is 0.546. The van der Waals surface area contributed by atoms with E-state index >= 15 is 0 Å². The molecule has 2 aliphatic heterocycles. The molecule has 2 atom stereocenters. The fraction of sp³-hybridized carbons (Fsp3) is 0.900. The molecule has 86 valence electrons. The van der Waals surface area contributed by atoms with Crippen molar-refractivity contribution >= 4 is 5.97 Å². The fourth-order valence-electron chi connectivity index (χ4n) is 2.43. The van der Waals surface area contributed by atoms with Crippen molar-refractivity contribution in [2.24, 2.45) is 5.92 Å². The summed E-state index contributed by atoms with van der Waals surface area (Å²) in [6, 6.07) is 0.405. The van der Waals surface area contributed by atoms with E-state index in [4.69, 9.17) is 5.11 Å². The number of piperazine rings is 1. The second kappa shape index (κ2) is 4.92. The number of carboxylic acids is 1. The molecule has 0 aromatic carbocycles. The largest absolute Gasteiger partial charge is 0.481 e. The van der Waals surface area contributed by atoms with E-state index in [1.165, 1.54) is 0 Å². The number of carboxylic acid groups (broad SMARTS) is 1. The predicted octanol–water partition coefficient (Wildman–Crippen LogP) is -1.05. The summed E-state index contributed by atoms with van der Waals surface area (Å²) in [5, 5.41) is 15.5. The average Bonchev–Trinajstić information content (AvgIpc) is 2.30. The number of nitrogens with zero attached hydrogens (tertiary/aromatic N) is 1. The van der Waals surface area contributed by atoms with Crippen LogP contribution in [0.2, 0.25) is 0 Å². The second-order valence-corrected chi connectivity index (χ2v) is 4.37. The van der Waals surface area contributed by atoms with E-state index in [2.05, 4.69) is 15.5 Å². The van der Waals surface area contributed by atoms with Gasteiger partial charge in [0.2, 0.25) is 0 Å². The average molecular weight is 213 g/mol. The number of nitrogens with one attached hydrogen (secondary N) is 2. The van der Waals surface area contributed by atoms with Crippen LogP contribution in [0.4, 0.5) is 0 Å². The Kier molecular flexibility index (Phi) is 3.56. The van der Waals surface area contributed by atoms with Crippen molar-refractivity contribution in [1.29, 1.82) is 0 Å². The molecule has 15 heavy (non-hydrogen) atoms. The molecule has 2 heterocycles. The third kappa shape index (κ3) is 2.68. The number of rotatable bonds is 2. The first-order valence-electron chi connectivity index (χ1n) is 5.65. The smallest absolute Gasteiger partial charge is 0.307 e. The minimum atomic E-state index is -0.665. The van der Waals surface area contributed by atoms with Crippen LogP contribution in [0, 0.1) is 5.92 Å². The van der Waals surface area contributed by atoms with Crippen molar-refractivity contribution in [1.82, 2.24) is 15.5 Å². The van der Waals surface area contributed by atoms with Crippen LogP contribution in [0.1, 0.15) is 6.42 Å². The molecule has 0 radical (unpaired) electrons. The van der Waals surface area contributed by atoms with E-state index in [0.29, 0.717) is 12.6 Å². The molecule has 5 heteroatoms. The van der Waals surface area contributed by atoms with E-state index in [-0.39, 0.29) is 5.92 Å². The van der Waals surface area contributed by atoms with Gasteiger partial charge in [-0.05, 0) is 6.42 Å². The molecule has 0 saturated carbocycles. The lowest BCUT2D eigenvalue weighted by Gasteiger charge is -2.38. The van der Waals surface area contributed by atoms with Crippen LogP contribution in [0.3, 0.4) is 0 Å². The zero-order chi connectivity index (χ0) is 10.7. The van der Waals surface area contributed by atoms with Crippen LogP contribution >= 0.6 is 0 Å². The molecule has 2 aliphatic rings. The highest BCUT2D eigenvalue weighted by atomic mass is 16.4. The van der Waals surface area contributed by atoms with E-state index in [1.54, 1.807) is 0 Å². The van der Waals surface area contributed by atoms with Crippen LogP contribution in [0.15, 0.2) is 0 Å². The predicted molar refractivity (Wildman–Crippen MR) is 56.8 cm³/mol. The Balaban J connectivity index is 1.88. The van der Waals surface area contributed by atoms with Crippen molar-refractivity contribution in [3.05, 3.63) is 0 Å². The standard InChI is InChI=1S/C10H19N3O2/c14-10(15)8-5-9(7-12-6-8)13-3-1-11-2-4-13/h8-9,11-12H,1-7H2,(H,14,15)/t8-,9-/m0/s1. The Labute approximate surface area is 89.8 Å². The SMILES string of the molecule is O=C(O)[C@@H]1CNC[C@@H](N2CCNCC2)C1. The first-order chi connectivity index (χ1) is 7.27. The van der Waals surface area contributed by atoms with Gasteiger partial charge in [0.25, 0.3) is 0 Å². The van der Waals surface area contributed by atoms with Crippen molar-refractivity contribution in [2.75, 3.05) is 39.3 Å². The molecule has 0 spiro atoms. The molecule has 2 fully saturated rings. The zero-order valence-electron chi connectivity index (χ0n) is 8.91. The monoisotopic (exact) mass is 213 g/mol. The number of piperidine rings is 1. The number of carbonyl (C=O) groups is 1. The molecule has 2 rings (SSSR count). The van der Waals surface area contributed by atoms with Crippen LogP contribution in [0.5, 0.6) is 0 Å². The summed E-state index contributed by atoms with van der Waals surface area (Å²) in [5.74, 6) is -0.874. The van der Waals surface area contributed by atoms with Crippen molar-refractivity contribution < 1.29 is 9.90 Å². The summed E-state index contributed by atoms with van der Waals surface area (Å²) in [4.78, 5) is 13.3. The highest BCUT2D eigenvalue weighted by molar-refractivity contribution is 5.70. The number of hydrogen-bond acceptors (Lipinski definition) is 4. The van der Waals surface area contributed by atoms with Crippen molar-refractivity contribution in [3.8, 4) is 0 Å². The van der Waals surface area contributed by atoms with Gasteiger partial charge in [-0.15, -0.1) is 0 Å². The molecule has 2 saturated heterocycles. The van der Waals surface area contributed by atoms with E-state index < -0.39 is 5.97 Å². The van der Waals surface area contributed by atoms with Crippen LogP contribution < -0.4 is 10.6 Å². The van der Waals surface area contributed by atoms with E-state index in [0.717, 1.165) is 39.1 Å². The van der Waals surface area contributed by atoms with Gasteiger partial charge in [0.15, 0.2) is 0 Å². The van der Waals surface area contributed by atoms with Crippen molar-refractivity contribution in [3.63, 3.8) is 0 Å². The Morgan fingerprint density at radius 3 is 2.60 bits per heavy atom. The lowest BCUT2D eigenvalue weighted by atomic mass is 9.94. The number of hydrogen-bond donors (Lipinski definition) is 3. The highest BCUT2D eigenvalue weighted by Crippen LogP contribution is 2.16. The van der Waals surface area contributed by atoms with Crippen LogP contribution in [0.25, 0.3) is 0 Å². The first kappa shape index (κ1) is 10.9. The van der Waals surface area contributed by atoms with Crippen LogP contribution in [-0.4, -0.2) is 61.3 Å². The maximum absolute atomic E-state index is 10.9. The Morgan fingerprint density at radius 2 is 1.93 bits per heavy atom. The normalized spacial score (nSPS) is 33.9. The second-order valence-electron chi connectivity index (χ2n) is 4.37. The maximum atomic E-state index is 10.9. The van der Waals surface area contributed by atoms with E-state index in [9.17, 15) is 4.79 Å². The van der Waals surface area contributed by atoms with Gasteiger partial charge in [-0.2, -0.15) is 0 Å². The molecule has 5 nitrogen and oxygen atoms in total. The van der Waals surface area contributed by atoms with Gasteiger partial charge in [-0.3, -0.25) is 9.69 Å². The summed E-state index contributed by atoms with van der Waals surface area (Å²) >= 11 is 0. The minimum Gasteiger partial charge on any atom is -0.481 e. The molecular weight excluding hydrogens is 194 g/mol. The molecule has 0 unspecified atom stereocenters. The maximum Gasteiger partial charge on any atom is 0.307 e. The van der Waals surface area contributed by atoms with Gasteiger partial charge in [0.05, 0.1) is 5.92 Å². The summed E-state index contributed by atoms with van der Waals surface area (Å²) < 4.78 is 0. The van der Waals surface area contributed by atoms with Gasteiger partial charge in [-0.1, -0.05) is 0 Å². The molecule has 0 aliphatic carbocycles. The van der Waals surface area contributed by atoms with Gasteiger partial charge >= 0.3 is 5.97 Å². The molecular formula is C10H19N3O2. The lowest BCUT2D eigenvalue weighted by Crippen LogP contribution is -2.55. The topological polar surface area (TPSA) is 64.6 Å². The molecule has 0 amide bonds. The lowest BCUT2D eigenvalue weighted by molar-refractivity contribution is -0.143. The van der Waals surface area contributed by atoms with E-state index in [1.807, 2.05) is 0 Å². The third-order valence-corrected chi connectivity index (χ3v) is 3.34.